The van der Waals surface area contributed by atoms with Crippen LogP contribution in [0, 0.1) is 0 Å². The maximum absolute atomic E-state index is 12.6. The Balaban J connectivity index is 2.01. The molecule has 1 saturated heterocycles. The number of carbonyl (C=O) groups is 1. The van der Waals surface area contributed by atoms with Crippen LogP contribution in [0.15, 0.2) is 24.3 Å². The largest absolute Gasteiger partial charge is 0.416 e. The van der Waals surface area contributed by atoms with E-state index in [1.54, 1.807) is 11.8 Å². The minimum atomic E-state index is -4.36. The van der Waals surface area contributed by atoms with Crippen molar-refractivity contribution < 1.29 is 27.4 Å². The minimum Gasteiger partial charge on any atom is -0.372 e. The Morgan fingerprint density at radius 2 is 2.05 bits per heavy atom. The number of hydrogen-bond acceptors (Lipinski definition) is 3. The summed E-state index contributed by atoms with van der Waals surface area (Å²) in [7, 11) is 0. The zero-order chi connectivity index (χ0) is 16.2. The maximum Gasteiger partial charge on any atom is 0.416 e. The Kier molecular flexibility index (Phi) is 5.42. The lowest BCUT2D eigenvalue weighted by molar-refractivity contribution is -0.143. The van der Waals surface area contributed by atoms with E-state index >= 15 is 0 Å². The molecule has 0 aliphatic carbocycles. The van der Waals surface area contributed by atoms with Crippen LogP contribution in [0.4, 0.5) is 13.2 Å². The molecule has 1 aromatic carbocycles. The molecule has 0 saturated carbocycles. The first-order valence-corrected chi connectivity index (χ1v) is 7.06. The van der Waals surface area contributed by atoms with Crippen molar-refractivity contribution in [1.82, 2.24) is 4.90 Å². The van der Waals surface area contributed by atoms with Crippen LogP contribution in [-0.4, -0.2) is 43.7 Å². The van der Waals surface area contributed by atoms with Gasteiger partial charge < -0.3 is 14.4 Å². The summed E-state index contributed by atoms with van der Waals surface area (Å²) < 4.78 is 48.3. The van der Waals surface area contributed by atoms with E-state index in [2.05, 4.69) is 0 Å². The van der Waals surface area contributed by atoms with Crippen LogP contribution >= 0.6 is 0 Å². The molecule has 1 aromatic rings. The molecule has 1 heterocycles. The van der Waals surface area contributed by atoms with E-state index in [4.69, 9.17) is 9.47 Å². The molecule has 0 N–H and O–H groups in total. The monoisotopic (exact) mass is 317 g/mol. The van der Waals surface area contributed by atoms with Crippen molar-refractivity contribution in [1.29, 1.82) is 0 Å². The number of rotatable bonds is 4. The van der Waals surface area contributed by atoms with Crippen molar-refractivity contribution in [3.8, 4) is 0 Å². The second-order valence-corrected chi connectivity index (χ2v) is 4.96. The third-order valence-corrected chi connectivity index (χ3v) is 3.46. The van der Waals surface area contributed by atoms with E-state index in [-0.39, 0.29) is 12.5 Å². The Hall–Kier alpha value is -1.60. The van der Waals surface area contributed by atoms with Crippen molar-refractivity contribution in [2.45, 2.75) is 19.2 Å². The van der Waals surface area contributed by atoms with Gasteiger partial charge in [-0.15, -0.1) is 0 Å². The number of ether oxygens (including phenoxy) is 2. The highest BCUT2D eigenvalue weighted by Gasteiger charge is 2.31. The lowest BCUT2D eigenvalue weighted by Gasteiger charge is -2.33. The average molecular weight is 317 g/mol. The molecule has 4 nitrogen and oxygen atoms in total. The Bertz CT molecular complexity index is 502. The van der Waals surface area contributed by atoms with E-state index in [1.165, 1.54) is 12.1 Å². The highest BCUT2D eigenvalue weighted by molar-refractivity contribution is 5.77. The number of halogens is 3. The molecular formula is C15H18F3NO3. The maximum atomic E-state index is 12.6. The number of benzene rings is 1. The summed E-state index contributed by atoms with van der Waals surface area (Å²) in [6, 6.07) is 4.84. The van der Waals surface area contributed by atoms with Crippen molar-refractivity contribution >= 4 is 5.91 Å². The molecule has 22 heavy (non-hydrogen) atoms. The zero-order valence-electron chi connectivity index (χ0n) is 12.2. The third-order valence-electron chi connectivity index (χ3n) is 3.46. The normalized spacial score (nSPS) is 19.3. The van der Waals surface area contributed by atoms with Crippen molar-refractivity contribution in [3.63, 3.8) is 0 Å². The quantitative estimate of drug-likeness (QED) is 0.857. The van der Waals surface area contributed by atoms with E-state index in [9.17, 15) is 18.0 Å². The summed E-state index contributed by atoms with van der Waals surface area (Å²) >= 11 is 0. The van der Waals surface area contributed by atoms with Crippen molar-refractivity contribution in [3.05, 3.63) is 35.4 Å². The Morgan fingerprint density at radius 3 is 2.64 bits per heavy atom. The second kappa shape index (κ2) is 7.11. The van der Waals surface area contributed by atoms with Crippen LogP contribution in [-0.2, 0) is 20.4 Å². The predicted molar refractivity (Wildman–Crippen MR) is 73.2 cm³/mol. The van der Waals surface area contributed by atoms with Gasteiger partial charge in [-0.1, -0.05) is 12.1 Å². The molecule has 1 atom stereocenters. The molecule has 1 amide bonds. The summed E-state index contributed by atoms with van der Waals surface area (Å²) in [5.74, 6) is -0.137. The molecule has 1 aliphatic rings. The number of hydrogen-bond donors (Lipinski definition) is 0. The van der Waals surface area contributed by atoms with Crippen LogP contribution in [0.1, 0.15) is 24.2 Å². The molecule has 1 aliphatic heterocycles. The highest BCUT2D eigenvalue weighted by Crippen LogP contribution is 2.31. The lowest BCUT2D eigenvalue weighted by Crippen LogP contribution is -2.43. The molecule has 0 spiro atoms. The summed E-state index contributed by atoms with van der Waals surface area (Å²) in [5.41, 5.74) is -0.0711. The first-order valence-electron chi connectivity index (χ1n) is 7.06. The average Bonchev–Trinajstić information content (AvgIpc) is 2.52. The van der Waals surface area contributed by atoms with Crippen LogP contribution in [0.25, 0.3) is 0 Å². The predicted octanol–water partition coefficient (Wildman–Crippen LogP) is 2.64. The zero-order valence-corrected chi connectivity index (χ0v) is 12.2. The SMILES string of the molecule is CCOCC(=O)N1CCOC(c2ccc(C(F)(F)F)cc2)C1. The van der Waals surface area contributed by atoms with Gasteiger partial charge in [0.1, 0.15) is 12.7 Å². The molecule has 1 fully saturated rings. The fraction of sp³-hybridized carbons (Fsp3) is 0.533. The summed E-state index contributed by atoms with van der Waals surface area (Å²) in [6.07, 6.45) is -4.77. The molecule has 0 aromatic heterocycles. The number of alkyl halides is 3. The van der Waals surface area contributed by atoms with Crippen LogP contribution in [0.2, 0.25) is 0 Å². The van der Waals surface area contributed by atoms with Gasteiger partial charge in [-0.2, -0.15) is 13.2 Å². The smallest absolute Gasteiger partial charge is 0.372 e. The molecule has 7 heteroatoms. The molecule has 1 unspecified atom stereocenters. The minimum absolute atomic E-state index is 0.0102. The Labute approximate surface area is 126 Å². The van der Waals surface area contributed by atoms with Gasteiger partial charge >= 0.3 is 6.18 Å². The van der Waals surface area contributed by atoms with Gasteiger partial charge in [-0.05, 0) is 24.6 Å². The second-order valence-electron chi connectivity index (χ2n) is 4.96. The van der Waals surface area contributed by atoms with Gasteiger partial charge in [-0.25, -0.2) is 0 Å². The fourth-order valence-electron chi connectivity index (χ4n) is 2.24. The standard InChI is InChI=1S/C15H18F3NO3/c1-2-21-10-14(20)19-7-8-22-13(9-19)11-3-5-12(6-4-11)15(16,17)18/h3-6,13H,2,7-10H2,1H3. The first-order chi connectivity index (χ1) is 10.4. The van der Waals surface area contributed by atoms with Gasteiger partial charge in [0.15, 0.2) is 0 Å². The Morgan fingerprint density at radius 1 is 1.36 bits per heavy atom. The van der Waals surface area contributed by atoms with Gasteiger partial charge in [0.05, 0.1) is 18.7 Å². The number of morpholine rings is 1. The van der Waals surface area contributed by atoms with Crippen LogP contribution in [0.3, 0.4) is 0 Å². The fourth-order valence-corrected chi connectivity index (χ4v) is 2.24. The molecule has 122 valence electrons. The van der Waals surface area contributed by atoms with Gasteiger partial charge in [0, 0.05) is 13.2 Å². The molecule has 0 radical (unpaired) electrons. The van der Waals surface area contributed by atoms with Crippen molar-refractivity contribution in [2.75, 3.05) is 32.9 Å². The van der Waals surface area contributed by atoms with E-state index in [0.29, 0.717) is 31.9 Å². The number of nitrogens with zero attached hydrogens (tertiary/aromatic N) is 1. The van der Waals surface area contributed by atoms with Gasteiger partial charge in [-0.3, -0.25) is 4.79 Å². The van der Waals surface area contributed by atoms with E-state index in [1.807, 2.05) is 0 Å². The third kappa shape index (κ3) is 4.20. The highest BCUT2D eigenvalue weighted by atomic mass is 19.4. The number of carbonyl (C=O) groups excluding carboxylic acids is 1. The summed E-state index contributed by atoms with van der Waals surface area (Å²) in [4.78, 5) is 13.5. The van der Waals surface area contributed by atoms with Crippen LogP contribution in [0.5, 0.6) is 0 Å². The molecule has 0 bridgehead atoms. The van der Waals surface area contributed by atoms with Crippen LogP contribution < -0.4 is 0 Å². The van der Waals surface area contributed by atoms with Crippen molar-refractivity contribution in [2.24, 2.45) is 0 Å². The van der Waals surface area contributed by atoms with Gasteiger partial charge in [0.25, 0.3) is 0 Å². The summed E-state index contributed by atoms with van der Waals surface area (Å²) in [6.45, 7) is 3.40. The topological polar surface area (TPSA) is 38.8 Å². The van der Waals surface area contributed by atoms with Gasteiger partial charge in [0.2, 0.25) is 5.91 Å². The van der Waals surface area contributed by atoms with E-state index in [0.717, 1.165) is 12.1 Å². The lowest BCUT2D eigenvalue weighted by atomic mass is 10.1. The van der Waals surface area contributed by atoms with E-state index < -0.39 is 17.8 Å². The molecular weight excluding hydrogens is 299 g/mol. The summed E-state index contributed by atoms with van der Waals surface area (Å²) in [5, 5.41) is 0. The number of amides is 1. The molecule has 2 rings (SSSR count). The first kappa shape index (κ1) is 16.8.